The van der Waals surface area contributed by atoms with E-state index in [0.29, 0.717) is 34.8 Å². The van der Waals surface area contributed by atoms with E-state index >= 15 is 0 Å². The highest BCUT2D eigenvalue weighted by Crippen LogP contribution is 2.39. The number of nitrogens with zero attached hydrogens (tertiary/aromatic N) is 7. The standard InChI is InChI=1S/C19H20N8O2/c1-10-15(11(2)27-19(26(10)3)22-24-25-27)17(28)20-14-6-4-5-13(9-14)16-21-18(29-23-16)12-7-8-12/h4-6,9,11-12H,7-8H2,1-3H3,(H,20,28). The second-order valence-corrected chi connectivity index (χ2v) is 7.42. The van der Waals surface area contributed by atoms with Gasteiger partial charge >= 0.3 is 0 Å². The van der Waals surface area contributed by atoms with Crippen molar-refractivity contribution in [3.8, 4) is 11.4 Å². The van der Waals surface area contributed by atoms with E-state index in [1.807, 2.05) is 50.1 Å². The van der Waals surface area contributed by atoms with Gasteiger partial charge < -0.3 is 14.7 Å². The molecule has 5 rings (SSSR count). The van der Waals surface area contributed by atoms with Crippen molar-refractivity contribution in [2.45, 2.75) is 38.6 Å². The predicted octanol–water partition coefficient (Wildman–Crippen LogP) is 2.52. The van der Waals surface area contributed by atoms with E-state index in [9.17, 15) is 4.79 Å². The van der Waals surface area contributed by atoms with Crippen LogP contribution in [-0.2, 0) is 4.79 Å². The lowest BCUT2D eigenvalue weighted by atomic mass is 10.0. The minimum Gasteiger partial charge on any atom is -0.339 e. The van der Waals surface area contributed by atoms with Gasteiger partial charge in [0.1, 0.15) is 0 Å². The molecule has 1 aliphatic carbocycles. The Morgan fingerprint density at radius 2 is 2.14 bits per heavy atom. The third-order valence-electron chi connectivity index (χ3n) is 5.44. The van der Waals surface area contributed by atoms with Crippen molar-refractivity contribution < 1.29 is 9.32 Å². The molecule has 1 amide bonds. The van der Waals surface area contributed by atoms with Crippen LogP contribution in [0.1, 0.15) is 44.5 Å². The van der Waals surface area contributed by atoms with E-state index in [-0.39, 0.29) is 11.9 Å². The van der Waals surface area contributed by atoms with Crippen LogP contribution in [0.4, 0.5) is 11.6 Å². The highest BCUT2D eigenvalue weighted by Gasteiger charge is 2.33. The number of aromatic nitrogens is 6. The van der Waals surface area contributed by atoms with Crippen molar-refractivity contribution in [1.29, 1.82) is 0 Å². The summed E-state index contributed by atoms with van der Waals surface area (Å²) in [5.41, 5.74) is 2.86. The Balaban J connectivity index is 1.40. The second kappa shape index (κ2) is 6.50. The summed E-state index contributed by atoms with van der Waals surface area (Å²) in [5.74, 6) is 2.02. The molecule has 0 bridgehead atoms. The Hall–Kier alpha value is -3.56. The number of carbonyl (C=O) groups is 1. The maximum atomic E-state index is 13.1. The van der Waals surface area contributed by atoms with Crippen LogP contribution in [0.2, 0.25) is 0 Å². The molecule has 3 heterocycles. The van der Waals surface area contributed by atoms with Gasteiger partial charge in [-0.05, 0) is 49.2 Å². The lowest BCUT2D eigenvalue weighted by Crippen LogP contribution is -2.34. The molecule has 1 atom stereocenters. The molecule has 148 valence electrons. The van der Waals surface area contributed by atoms with Gasteiger partial charge in [0.05, 0.1) is 11.6 Å². The first kappa shape index (κ1) is 17.5. The van der Waals surface area contributed by atoms with Gasteiger partial charge in [-0.3, -0.25) is 4.79 Å². The molecule has 3 aromatic rings. The molecule has 0 saturated heterocycles. The second-order valence-electron chi connectivity index (χ2n) is 7.42. The van der Waals surface area contributed by atoms with Gasteiger partial charge in [-0.2, -0.15) is 4.98 Å². The number of rotatable bonds is 4. The van der Waals surface area contributed by atoms with Crippen molar-refractivity contribution in [2.24, 2.45) is 0 Å². The van der Waals surface area contributed by atoms with Crippen LogP contribution in [0.5, 0.6) is 0 Å². The molecule has 0 radical (unpaired) electrons. The molecule has 2 aromatic heterocycles. The van der Waals surface area contributed by atoms with Crippen LogP contribution < -0.4 is 10.2 Å². The molecular formula is C19H20N8O2. The summed E-state index contributed by atoms with van der Waals surface area (Å²) in [6.07, 6.45) is 2.20. The minimum atomic E-state index is -0.280. The molecule has 1 N–H and O–H groups in total. The monoisotopic (exact) mass is 392 g/mol. The van der Waals surface area contributed by atoms with E-state index < -0.39 is 0 Å². The number of anilines is 2. The Morgan fingerprint density at radius 1 is 1.31 bits per heavy atom. The highest BCUT2D eigenvalue weighted by molar-refractivity contribution is 6.05. The van der Waals surface area contributed by atoms with Crippen LogP contribution in [0.25, 0.3) is 11.4 Å². The zero-order valence-electron chi connectivity index (χ0n) is 16.3. The summed E-state index contributed by atoms with van der Waals surface area (Å²) in [5, 5.41) is 18.8. The maximum Gasteiger partial charge on any atom is 0.255 e. The Labute approximate surface area is 166 Å². The first-order chi connectivity index (χ1) is 14.0. The van der Waals surface area contributed by atoms with E-state index in [2.05, 4.69) is 31.0 Å². The highest BCUT2D eigenvalue weighted by atomic mass is 16.5. The van der Waals surface area contributed by atoms with E-state index in [1.165, 1.54) is 0 Å². The molecule has 10 heteroatoms. The van der Waals surface area contributed by atoms with Crippen LogP contribution >= 0.6 is 0 Å². The van der Waals surface area contributed by atoms with Crippen molar-refractivity contribution in [1.82, 2.24) is 30.3 Å². The molecule has 1 fully saturated rings. The van der Waals surface area contributed by atoms with Crippen LogP contribution in [0, 0.1) is 0 Å². The first-order valence-corrected chi connectivity index (χ1v) is 9.50. The Bertz CT molecular complexity index is 1130. The Morgan fingerprint density at radius 3 is 2.93 bits per heavy atom. The van der Waals surface area contributed by atoms with Crippen LogP contribution in [-0.4, -0.2) is 43.3 Å². The average Bonchev–Trinajstić information content (AvgIpc) is 3.24. The fraction of sp³-hybridized carbons (Fsp3) is 0.368. The van der Waals surface area contributed by atoms with Crippen LogP contribution in [0.3, 0.4) is 0 Å². The van der Waals surface area contributed by atoms with Gasteiger partial charge in [-0.15, -0.1) is 0 Å². The number of benzene rings is 1. The van der Waals surface area contributed by atoms with Gasteiger partial charge in [-0.25, -0.2) is 4.68 Å². The predicted molar refractivity (Wildman–Crippen MR) is 104 cm³/mol. The summed E-state index contributed by atoms with van der Waals surface area (Å²) < 4.78 is 6.98. The molecular weight excluding hydrogens is 372 g/mol. The molecule has 1 aromatic carbocycles. The third kappa shape index (κ3) is 2.96. The number of carbonyl (C=O) groups excluding carboxylic acids is 1. The molecule has 0 spiro atoms. The van der Waals surface area contributed by atoms with Gasteiger partial charge in [0.15, 0.2) is 0 Å². The van der Waals surface area contributed by atoms with E-state index in [0.717, 1.165) is 24.1 Å². The normalized spacial score (nSPS) is 18.7. The zero-order chi connectivity index (χ0) is 20.1. The summed E-state index contributed by atoms with van der Waals surface area (Å²) >= 11 is 0. The fourth-order valence-electron chi connectivity index (χ4n) is 3.55. The largest absolute Gasteiger partial charge is 0.339 e. The van der Waals surface area contributed by atoms with Gasteiger partial charge in [0.25, 0.3) is 5.91 Å². The minimum absolute atomic E-state index is 0.202. The van der Waals surface area contributed by atoms with Crippen molar-refractivity contribution >= 4 is 17.5 Å². The van der Waals surface area contributed by atoms with Gasteiger partial charge in [0.2, 0.25) is 17.7 Å². The van der Waals surface area contributed by atoms with Crippen molar-refractivity contribution in [2.75, 3.05) is 17.3 Å². The number of hydrogen-bond donors (Lipinski definition) is 1. The van der Waals surface area contributed by atoms with Gasteiger partial charge in [0, 0.05) is 29.9 Å². The summed E-state index contributed by atoms with van der Waals surface area (Å²) in [6.45, 7) is 3.79. The average molecular weight is 392 g/mol. The number of allylic oxidation sites excluding steroid dienone is 1. The van der Waals surface area contributed by atoms with Crippen molar-refractivity contribution in [3.05, 3.63) is 41.4 Å². The van der Waals surface area contributed by atoms with E-state index in [1.54, 1.807) is 4.68 Å². The molecule has 10 nitrogen and oxygen atoms in total. The molecule has 1 unspecified atom stereocenters. The fourth-order valence-corrected chi connectivity index (χ4v) is 3.55. The summed E-state index contributed by atoms with van der Waals surface area (Å²) in [7, 11) is 1.84. The number of tetrazole rings is 1. The Kier molecular flexibility index (Phi) is 3.93. The van der Waals surface area contributed by atoms with Gasteiger partial charge in [-0.1, -0.05) is 22.4 Å². The maximum absolute atomic E-state index is 13.1. The molecule has 2 aliphatic rings. The quantitative estimate of drug-likeness (QED) is 0.720. The zero-order valence-corrected chi connectivity index (χ0v) is 16.3. The topological polar surface area (TPSA) is 115 Å². The summed E-state index contributed by atoms with van der Waals surface area (Å²) in [6, 6.07) is 7.15. The van der Waals surface area contributed by atoms with E-state index in [4.69, 9.17) is 4.52 Å². The number of nitrogens with one attached hydrogen (secondary N) is 1. The smallest absolute Gasteiger partial charge is 0.255 e. The lowest BCUT2D eigenvalue weighted by Gasteiger charge is -2.30. The summed E-state index contributed by atoms with van der Waals surface area (Å²) in [4.78, 5) is 19.4. The lowest BCUT2D eigenvalue weighted by molar-refractivity contribution is -0.113. The number of hydrogen-bond acceptors (Lipinski definition) is 8. The van der Waals surface area contributed by atoms with Crippen molar-refractivity contribution in [3.63, 3.8) is 0 Å². The number of fused-ring (bicyclic) bond motifs is 1. The molecule has 1 aliphatic heterocycles. The first-order valence-electron chi connectivity index (χ1n) is 9.50. The third-order valence-corrected chi connectivity index (χ3v) is 5.44. The van der Waals surface area contributed by atoms with Crippen LogP contribution in [0.15, 0.2) is 40.1 Å². The molecule has 29 heavy (non-hydrogen) atoms. The number of amides is 1. The SMILES string of the molecule is CC1=C(C(=O)Nc2cccc(-c3noc(C4CC4)n3)c2)C(C)n2nnnc2N1C. The molecule has 1 saturated carbocycles.